The van der Waals surface area contributed by atoms with E-state index in [0.29, 0.717) is 37.8 Å². The largest absolute Gasteiger partial charge is 0.354 e. The van der Waals surface area contributed by atoms with Crippen molar-refractivity contribution in [1.82, 2.24) is 34.4 Å². The average molecular weight is 410 g/mol. The predicted molar refractivity (Wildman–Crippen MR) is 109 cm³/mol. The summed E-state index contributed by atoms with van der Waals surface area (Å²) >= 11 is 0. The van der Waals surface area contributed by atoms with E-state index in [1.54, 1.807) is 21.7 Å². The van der Waals surface area contributed by atoms with Gasteiger partial charge in [-0.15, -0.1) is 10.2 Å². The monoisotopic (exact) mass is 410 g/mol. The Labute approximate surface area is 171 Å². The molecule has 0 aliphatic carbocycles. The minimum absolute atomic E-state index is 0.209. The highest BCUT2D eigenvalue weighted by Gasteiger charge is 2.24. The maximum atomic E-state index is 12.8. The number of aryl methyl sites for hydroxylation is 2. The highest BCUT2D eigenvalue weighted by atomic mass is 16.2. The second-order valence-corrected chi connectivity index (χ2v) is 7.25. The van der Waals surface area contributed by atoms with E-state index in [1.807, 2.05) is 24.8 Å². The summed E-state index contributed by atoms with van der Waals surface area (Å²) < 4.78 is 2.69. The maximum Gasteiger partial charge on any atom is 0.329 e. The number of aromatic nitrogens is 6. The quantitative estimate of drug-likeness (QED) is 0.625. The fourth-order valence-corrected chi connectivity index (χ4v) is 3.44. The molecule has 1 aliphatic rings. The molecule has 0 saturated carbocycles. The molecule has 4 heterocycles. The number of nitrogens with one attached hydrogen (secondary N) is 1. The fraction of sp³-hybridized carbons (Fsp3) is 0.368. The third-order valence-corrected chi connectivity index (χ3v) is 5.13. The van der Waals surface area contributed by atoms with Crippen molar-refractivity contribution in [2.24, 2.45) is 7.05 Å². The number of carbonyl (C=O) groups is 1. The molecular weight excluding hydrogens is 388 g/mol. The third kappa shape index (κ3) is 3.61. The van der Waals surface area contributed by atoms with Crippen LogP contribution < -0.4 is 16.1 Å². The Morgan fingerprint density at radius 3 is 2.33 bits per heavy atom. The summed E-state index contributed by atoms with van der Waals surface area (Å²) in [7, 11) is 1.42. The molecule has 1 N–H and O–H groups in total. The highest BCUT2D eigenvalue weighted by Crippen LogP contribution is 2.13. The van der Waals surface area contributed by atoms with Crippen molar-refractivity contribution < 1.29 is 4.79 Å². The first-order valence-corrected chi connectivity index (χ1v) is 9.55. The van der Waals surface area contributed by atoms with Crippen molar-refractivity contribution in [3.05, 3.63) is 62.2 Å². The van der Waals surface area contributed by atoms with Crippen LogP contribution in [-0.4, -0.2) is 66.5 Å². The van der Waals surface area contributed by atoms with E-state index in [4.69, 9.17) is 0 Å². The summed E-state index contributed by atoms with van der Waals surface area (Å²) in [5.74, 6) is 0.806. The smallest absolute Gasteiger partial charge is 0.329 e. The van der Waals surface area contributed by atoms with Gasteiger partial charge in [0.1, 0.15) is 5.82 Å². The van der Waals surface area contributed by atoms with Crippen molar-refractivity contribution in [2.45, 2.75) is 13.8 Å². The number of anilines is 1. The summed E-state index contributed by atoms with van der Waals surface area (Å²) in [4.78, 5) is 42.7. The van der Waals surface area contributed by atoms with Crippen molar-refractivity contribution in [3.63, 3.8) is 0 Å². The third-order valence-electron chi connectivity index (χ3n) is 5.13. The molecule has 11 nitrogen and oxygen atoms in total. The van der Waals surface area contributed by atoms with Crippen LogP contribution in [0.4, 0.5) is 5.82 Å². The summed E-state index contributed by atoms with van der Waals surface area (Å²) in [6.45, 7) is 5.69. The number of amides is 1. The molecule has 11 heteroatoms. The molecule has 0 radical (unpaired) electrons. The van der Waals surface area contributed by atoms with E-state index in [9.17, 15) is 14.4 Å². The van der Waals surface area contributed by atoms with Crippen molar-refractivity contribution in [3.8, 4) is 5.82 Å². The molecular formula is C19H22N8O3. The first-order chi connectivity index (χ1) is 14.3. The van der Waals surface area contributed by atoms with Gasteiger partial charge >= 0.3 is 5.69 Å². The average Bonchev–Trinajstić information content (AvgIpc) is 3.09. The molecule has 0 atom stereocenters. The zero-order valence-electron chi connectivity index (χ0n) is 17.0. The van der Waals surface area contributed by atoms with Gasteiger partial charge in [0.05, 0.1) is 5.69 Å². The van der Waals surface area contributed by atoms with Crippen molar-refractivity contribution >= 4 is 11.7 Å². The van der Waals surface area contributed by atoms with Gasteiger partial charge in [0.25, 0.3) is 11.5 Å². The van der Waals surface area contributed by atoms with Crippen LogP contribution in [-0.2, 0) is 7.05 Å². The molecule has 1 aliphatic heterocycles. The van der Waals surface area contributed by atoms with Crippen LogP contribution >= 0.6 is 0 Å². The molecule has 156 valence electrons. The minimum Gasteiger partial charge on any atom is -0.354 e. The Hall–Kier alpha value is -3.76. The van der Waals surface area contributed by atoms with Crippen LogP contribution in [0.1, 0.15) is 21.9 Å². The Balaban J connectivity index is 1.44. The molecule has 3 aromatic rings. The fourth-order valence-electron chi connectivity index (χ4n) is 3.44. The normalized spacial score (nSPS) is 14.2. The number of H-pyrrole nitrogens is 1. The Morgan fingerprint density at radius 1 is 1.03 bits per heavy atom. The van der Waals surface area contributed by atoms with Crippen LogP contribution in [0.5, 0.6) is 0 Å². The molecule has 0 bridgehead atoms. The van der Waals surface area contributed by atoms with E-state index in [0.717, 1.165) is 16.0 Å². The molecule has 30 heavy (non-hydrogen) atoms. The number of rotatable bonds is 3. The number of carbonyl (C=O) groups excluding carboxylic acids is 1. The molecule has 3 aromatic heterocycles. The van der Waals surface area contributed by atoms with E-state index < -0.39 is 5.69 Å². The van der Waals surface area contributed by atoms with Gasteiger partial charge in [-0.1, -0.05) is 0 Å². The van der Waals surface area contributed by atoms with Gasteiger partial charge in [0.2, 0.25) is 0 Å². The maximum absolute atomic E-state index is 12.8. The number of aromatic amines is 1. The standard InChI is InChI=1S/C19H22N8O3/c1-12-10-13(2)27(23-12)15-5-4-14(21-22-15)18(29)26-8-6-25(7-9-26)16-11-17(28)24(3)19(30)20-16/h4-5,10-11H,6-9H2,1-3H3,(H,20,30). The van der Waals surface area contributed by atoms with Gasteiger partial charge in [0.15, 0.2) is 11.5 Å². The summed E-state index contributed by atoms with van der Waals surface area (Å²) in [5.41, 5.74) is 1.24. The molecule has 0 spiro atoms. The van der Waals surface area contributed by atoms with Gasteiger partial charge in [-0.3, -0.25) is 19.1 Å². The Bertz CT molecular complexity index is 1170. The lowest BCUT2D eigenvalue weighted by molar-refractivity contribution is 0.0739. The summed E-state index contributed by atoms with van der Waals surface area (Å²) in [6.07, 6.45) is 0. The lowest BCUT2D eigenvalue weighted by Gasteiger charge is -2.35. The first kappa shape index (κ1) is 19.6. The van der Waals surface area contributed by atoms with Crippen LogP contribution in [0.2, 0.25) is 0 Å². The number of piperazine rings is 1. The highest BCUT2D eigenvalue weighted by molar-refractivity contribution is 5.92. The first-order valence-electron chi connectivity index (χ1n) is 9.55. The van der Waals surface area contributed by atoms with Crippen molar-refractivity contribution in [1.29, 1.82) is 0 Å². The molecule has 1 amide bonds. The lowest BCUT2D eigenvalue weighted by atomic mass is 10.2. The molecule has 0 unspecified atom stereocenters. The lowest BCUT2D eigenvalue weighted by Crippen LogP contribution is -2.50. The van der Waals surface area contributed by atoms with Crippen LogP contribution in [0.15, 0.2) is 33.9 Å². The SMILES string of the molecule is Cc1cc(C)n(-c2ccc(C(=O)N3CCN(c4cc(=O)n(C)c(=O)[nH]4)CC3)nn2)n1. The molecule has 4 rings (SSSR count). The van der Waals surface area contributed by atoms with E-state index in [1.165, 1.54) is 13.1 Å². The topological polar surface area (TPSA) is 122 Å². The zero-order chi connectivity index (χ0) is 21.4. The number of nitrogens with zero attached hydrogens (tertiary/aromatic N) is 7. The Morgan fingerprint density at radius 2 is 1.77 bits per heavy atom. The summed E-state index contributed by atoms with van der Waals surface area (Å²) in [5, 5.41) is 12.6. The second-order valence-electron chi connectivity index (χ2n) is 7.25. The molecule has 0 aromatic carbocycles. The van der Waals surface area contributed by atoms with E-state index in [2.05, 4.69) is 20.3 Å². The Kier molecular flexibility index (Phi) is 4.94. The van der Waals surface area contributed by atoms with Gasteiger partial charge in [-0.05, 0) is 32.0 Å². The minimum atomic E-state index is -0.464. The second kappa shape index (κ2) is 7.58. The summed E-state index contributed by atoms with van der Waals surface area (Å²) in [6, 6.07) is 6.70. The number of hydrogen-bond acceptors (Lipinski definition) is 7. The van der Waals surface area contributed by atoms with Gasteiger partial charge < -0.3 is 9.80 Å². The van der Waals surface area contributed by atoms with Crippen LogP contribution in [0.25, 0.3) is 5.82 Å². The number of hydrogen-bond donors (Lipinski definition) is 1. The molecule has 1 fully saturated rings. The van der Waals surface area contributed by atoms with Crippen LogP contribution in [0, 0.1) is 13.8 Å². The molecule has 1 saturated heterocycles. The van der Waals surface area contributed by atoms with Crippen molar-refractivity contribution in [2.75, 3.05) is 31.1 Å². The zero-order valence-corrected chi connectivity index (χ0v) is 17.0. The van der Waals surface area contributed by atoms with Crippen LogP contribution in [0.3, 0.4) is 0 Å². The van der Waals surface area contributed by atoms with Gasteiger partial charge in [0, 0.05) is 45.0 Å². The van der Waals surface area contributed by atoms with Gasteiger partial charge in [-0.25, -0.2) is 9.48 Å². The van der Waals surface area contributed by atoms with E-state index in [-0.39, 0.29) is 17.2 Å². The predicted octanol–water partition coefficient (Wildman–Crippen LogP) is -0.371. The van der Waals surface area contributed by atoms with E-state index >= 15 is 0 Å². The van der Waals surface area contributed by atoms with Gasteiger partial charge in [-0.2, -0.15) is 5.10 Å².